The number of hydrogen-bond acceptors (Lipinski definition) is 6. The summed E-state index contributed by atoms with van der Waals surface area (Å²) in [5.74, 6) is 0. The van der Waals surface area contributed by atoms with Crippen molar-refractivity contribution < 1.29 is 0 Å². The van der Waals surface area contributed by atoms with E-state index in [2.05, 4.69) is 20.4 Å². The van der Waals surface area contributed by atoms with Gasteiger partial charge in [0.05, 0.1) is 16.4 Å². The zero-order valence-electron chi connectivity index (χ0n) is 11.4. The molecule has 20 heavy (non-hydrogen) atoms. The fourth-order valence-electron chi connectivity index (χ4n) is 2.85. The van der Waals surface area contributed by atoms with Gasteiger partial charge in [0.2, 0.25) is 0 Å². The number of rotatable bonds is 2. The van der Waals surface area contributed by atoms with Gasteiger partial charge in [0.25, 0.3) is 0 Å². The van der Waals surface area contributed by atoms with E-state index >= 15 is 0 Å². The van der Waals surface area contributed by atoms with Gasteiger partial charge >= 0.3 is 0 Å². The second kappa shape index (κ2) is 4.53. The highest BCUT2D eigenvalue weighted by molar-refractivity contribution is 7.22. The predicted octanol–water partition coefficient (Wildman–Crippen LogP) is 3.14. The molecule has 1 aliphatic rings. The number of anilines is 1. The Labute approximate surface area is 124 Å². The molecule has 104 valence electrons. The Balaban J connectivity index is 1.76. The molecule has 0 unspecified atom stereocenters. The number of hydrogen-bond donors (Lipinski definition) is 0. The molecule has 0 saturated carbocycles. The summed E-state index contributed by atoms with van der Waals surface area (Å²) in [6.07, 6.45) is 4.26. The summed E-state index contributed by atoms with van der Waals surface area (Å²) in [5, 5.41) is 8.79. The van der Waals surface area contributed by atoms with Crippen LogP contribution in [0.15, 0.2) is 11.6 Å². The van der Waals surface area contributed by atoms with Gasteiger partial charge in [-0.15, -0.1) is 11.3 Å². The fraction of sp³-hybridized carbons (Fsp3) is 0.462. The first-order valence-electron chi connectivity index (χ1n) is 6.70. The molecule has 4 rings (SSSR count). The standard InChI is InChI=1S/C13H15N5S2/c1-8-10-11(17(2)16-8)15-13(20-10)18-6-3-4-9(18)12-14-5-7-19-12/h5,7,9H,3-4,6H2,1-2H3/t9-/m0/s1. The average Bonchev–Trinajstić information content (AvgIpc) is 3.17. The van der Waals surface area contributed by atoms with Crippen LogP contribution in [0.5, 0.6) is 0 Å². The molecule has 1 aliphatic heterocycles. The monoisotopic (exact) mass is 305 g/mol. The van der Waals surface area contributed by atoms with E-state index in [9.17, 15) is 0 Å². The molecule has 0 N–H and O–H groups in total. The number of nitrogens with zero attached hydrogens (tertiary/aromatic N) is 5. The van der Waals surface area contributed by atoms with Crippen LogP contribution < -0.4 is 4.90 Å². The average molecular weight is 305 g/mol. The quantitative estimate of drug-likeness (QED) is 0.730. The summed E-state index contributed by atoms with van der Waals surface area (Å²) in [6.45, 7) is 3.11. The van der Waals surface area contributed by atoms with E-state index in [0.717, 1.165) is 23.0 Å². The maximum absolute atomic E-state index is 4.80. The molecule has 1 atom stereocenters. The normalized spacial score (nSPS) is 19.3. The number of fused-ring (bicyclic) bond motifs is 1. The van der Waals surface area contributed by atoms with Gasteiger partial charge in [-0.05, 0) is 19.8 Å². The van der Waals surface area contributed by atoms with Gasteiger partial charge in [-0.1, -0.05) is 11.3 Å². The Morgan fingerprint density at radius 1 is 1.40 bits per heavy atom. The van der Waals surface area contributed by atoms with Crippen molar-refractivity contribution in [2.45, 2.75) is 25.8 Å². The number of aryl methyl sites for hydroxylation is 2. The van der Waals surface area contributed by atoms with Gasteiger partial charge in [0.15, 0.2) is 10.8 Å². The van der Waals surface area contributed by atoms with E-state index in [-0.39, 0.29) is 0 Å². The highest BCUT2D eigenvalue weighted by atomic mass is 32.1. The van der Waals surface area contributed by atoms with Gasteiger partial charge in [-0.3, -0.25) is 0 Å². The van der Waals surface area contributed by atoms with Crippen molar-refractivity contribution in [1.82, 2.24) is 19.7 Å². The molecule has 1 saturated heterocycles. The lowest BCUT2D eigenvalue weighted by atomic mass is 10.2. The van der Waals surface area contributed by atoms with Crippen LogP contribution in [0.2, 0.25) is 0 Å². The molecule has 5 nitrogen and oxygen atoms in total. The molecule has 1 fully saturated rings. The van der Waals surface area contributed by atoms with E-state index in [4.69, 9.17) is 4.98 Å². The molecule has 0 radical (unpaired) electrons. The maximum atomic E-state index is 4.80. The largest absolute Gasteiger partial charge is 0.339 e. The van der Waals surface area contributed by atoms with Crippen LogP contribution >= 0.6 is 22.7 Å². The highest BCUT2D eigenvalue weighted by Crippen LogP contribution is 2.40. The second-order valence-electron chi connectivity index (χ2n) is 5.08. The lowest BCUT2D eigenvalue weighted by Crippen LogP contribution is -2.22. The van der Waals surface area contributed by atoms with Crippen LogP contribution in [0, 0.1) is 6.92 Å². The minimum atomic E-state index is 0.392. The van der Waals surface area contributed by atoms with Crippen molar-refractivity contribution in [1.29, 1.82) is 0 Å². The van der Waals surface area contributed by atoms with Crippen molar-refractivity contribution in [3.05, 3.63) is 22.3 Å². The van der Waals surface area contributed by atoms with Crippen molar-refractivity contribution >= 4 is 38.2 Å². The van der Waals surface area contributed by atoms with Crippen LogP contribution in [-0.4, -0.2) is 26.3 Å². The third-order valence-corrected chi connectivity index (χ3v) is 5.84. The zero-order valence-corrected chi connectivity index (χ0v) is 13.0. The molecule has 4 heterocycles. The van der Waals surface area contributed by atoms with Crippen molar-refractivity contribution in [3.63, 3.8) is 0 Å². The van der Waals surface area contributed by atoms with Crippen LogP contribution in [0.25, 0.3) is 10.3 Å². The summed E-state index contributed by atoms with van der Waals surface area (Å²) in [6, 6.07) is 0.392. The van der Waals surface area contributed by atoms with Gasteiger partial charge in [-0.25, -0.2) is 14.6 Å². The predicted molar refractivity (Wildman–Crippen MR) is 82.6 cm³/mol. The van der Waals surface area contributed by atoms with E-state index in [0.29, 0.717) is 6.04 Å². The van der Waals surface area contributed by atoms with Crippen LogP contribution in [0.1, 0.15) is 29.6 Å². The Bertz CT molecular complexity index is 708. The highest BCUT2D eigenvalue weighted by Gasteiger charge is 2.30. The van der Waals surface area contributed by atoms with Crippen molar-refractivity contribution in [3.8, 4) is 0 Å². The van der Waals surface area contributed by atoms with E-state index in [1.54, 1.807) is 22.7 Å². The topological polar surface area (TPSA) is 46.8 Å². The summed E-state index contributed by atoms with van der Waals surface area (Å²) in [5.41, 5.74) is 2.06. The molecular weight excluding hydrogens is 290 g/mol. The summed E-state index contributed by atoms with van der Waals surface area (Å²) in [7, 11) is 1.96. The molecule has 0 aliphatic carbocycles. The van der Waals surface area contributed by atoms with E-state index in [1.165, 1.54) is 22.5 Å². The van der Waals surface area contributed by atoms with Crippen molar-refractivity contribution in [2.75, 3.05) is 11.4 Å². The minimum absolute atomic E-state index is 0.392. The summed E-state index contributed by atoms with van der Waals surface area (Å²) < 4.78 is 3.08. The molecule has 0 amide bonds. The smallest absolute Gasteiger partial charge is 0.188 e. The third kappa shape index (κ3) is 1.76. The first-order chi connectivity index (χ1) is 9.74. The lowest BCUT2D eigenvalue weighted by Gasteiger charge is -2.21. The molecule has 0 spiro atoms. The molecule has 3 aromatic rings. The molecule has 0 bridgehead atoms. The molecular formula is C13H15N5S2. The van der Waals surface area contributed by atoms with Gasteiger partial charge < -0.3 is 4.90 Å². The summed E-state index contributed by atoms with van der Waals surface area (Å²) >= 11 is 3.49. The second-order valence-corrected chi connectivity index (χ2v) is 6.98. The number of thiazole rings is 2. The lowest BCUT2D eigenvalue weighted by molar-refractivity contribution is 0.709. The van der Waals surface area contributed by atoms with Gasteiger partial charge in [-0.2, -0.15) is 5.10 Å². The first-order valence-corrected chi connectivity index (χ1v) is 8.40. The van der Waals surface area contributed by atoms with Gasteiger partial charge in [0, 0.05) is 25.2 Å². The van der Waals surface area contributed by atoms with Crippen molar-refractivity contribution in [2.24, 2.45) is 7.05 Å². The fourth-order valence-corrected chi connectivity index (χ4v) is 4.74. The molecule has 7 heteroatoms. The Morgan fingerprint density at radius 3 is 3.05 bits per heavy atom. The molecule has 3 aromatic heterocycles. The SMILES string of the molecule is Cc1nn(C)c2nc(N3CCC[C@H]3c3nccs3)sc12. The Kier molecular flexibility index (Phi) is 2.78. The first kappa shape index (κ1) is 12.3. The van der Waals surface area contributed by atoms with Crippen LogP contribution in [-0.2, 0) is 7.05 Å². The van der Waals surface area contributed by atoms with Gasteiger partial charge in [0.1, 0.15) is 5.01 Å². The molecule has 0 aromatic carbocycles. The van der Waals surface area contributed by atoms with E-state index < -0.39 is 0 Å². The zero-order chi connectivity index (χ0) is 13.7. The Hall–Kier alpha value is -1.47. The van der Waals surface area contributed by atoms with Crippen LogP contribution in [0.4, 0.5) is 5.13 Å². The number of aromatic nitrogens is 4. The minimum Gasteiger partial charge on any atom is -0.339 e. The Morgan fingerprint density at radius 2 is 2.30 bits per heavy atom. The summed E-state index contributed by atoms with van der Waals surface area (Å²) in [4.78, 5) is 11.7. The maximum Gasteiger partial charge on any atom is 0.188 e. The van der Waals surface area contributed by atoms with Crippen LogP contribution in [0.3, 0.4) is 0 Å². The third-order valence-electron chi connectivity index (χ3n) is 3.77. The van der Waals surface area contributed by atoms with E-state index in [1.807, 2.05) is 24.9 Å².